The van der Waals surface area contributed by atoms with Gasteiger partial charge in [-0.3, -0.25) is 4.79 Å². The minimum Gasteiger partial charge on any atom is -0.370 e. The second-order valence-corrected chi connectivity index (χ2v) is 4.78. The number of nitrogens with two attached hydrogens (primary N) is 1. The van der Waals surface area contributed by atoms with E-state index >= 15 is 0 Å². The summed E-state index contributed by atoms with van der Waals surface area (Å²) in [5.74, 6) is -0.00983. The molecule has 0 bridgehead atoms. The van der Waals surface area contributed by atoms with Crippen LogP contribution in [0.1, 0.15) is 24.2 Å². The third-order valence-electron chi connectivity index (χ3n) is 3.46. The van der Waals surface area contributed by atoms with Crippen LogP contribution in [-0.2, 0) is 9.53 Å². The van der Waals surface area contributed by atoms with Crippen molar-refractivity contribution in [2.24, 2.45) is 5.73 Å². The summed E-state index contributed by atoms with van der Waals surface area (Å²) in [6.45, 7) is 5.26. The minimum atomic E-state index is -0.0436. The quantitative estimate of drug-likeness (QED) is 0.856. The normalized spacial score (nSPS) is 24.1. The third kappa shape index (κ3) is 2.54. The molecule has 2 N–H and O–H groups in total. The number of aryl methyl sites for hydroxylation is 1. The SMILES string of the molecule is Cc1ccccc1[C@H]1CN(C(=O)CN)[C@@H](C)CO1. The minimum absolute atomic E-state index is 0.00983. The number of benzene rings is 1. The van der Waals surface area contributed by atoms with Crippen molar-refractivity contribution in [2.75, 3.05) is 19.7 Å². The van der Waals surface area contributed by atoms with Gasteiger partial charge in [0.15, 0.2) is 0 Å². The van der Waals surface area contributed by atoms with Gasteiger partial charge in [-0.25, -0.2) is 0 Å². The van der Waals surface area contributed by atoms with Gasteiger partial charge in [-0.05, 0) is 25.0 Å². The summed E-state index contributed by atoms with van der Waals surface area (Å²) in [6, 6.07) is 8.22. The molecule has 0 aliphatic carbocycles. The van der Waals surface area contributed by atoms with Crippen LogP contribution >= 0.6 is 0 Å². The highest BCUT2D eigenvalue weighted by Crippen LogP contribution is 2.26. The topological polar surface area (TPSA) is 55.6 Å². The van der Waals surface area contributed by atoms with E-state index in [0.717, 1.165) is 5.56 Å². The Balaban J connectivity index is 2.17. The highest BCUT2D eigenvalue weighted by atomic mass is 16.5. The second kappa shape index (κ2) is 5.50. The summed E-state index contributed by atoms with van der Waals surface area (Å²) >= 11 is 0. The van der Waals surface area contributed by atoms with E-state index in [4.69, 9.17) is 10.5 Å². The first-order valence-electron chi connectivity index (χ1n) is 6.30. The van der Waals surface area contributed by atoms with Crippen molar-refractivity contribution in [3.05, 3.63) is 35.4 Å². The van der Waals surface area contributed by atoms with Gasteiger partial charge in [0.05, 0.1) is 25.7 Å². The lowest BCUT2D eigenvalue weighted by Crippen LogP contribution is -2.50. The molecule has 1 aromatic rings. The number of carbonyl (C=O) groups excluding carboxylic acids is 1. The van der Waals surface area contributed by atoms with E-state index in [9.17, 15) is 4.79 Å². The molecule has 2 atom stereocenters. The van der Waals surface area contributed by atoms with Crippen LogP contribution in [-0.4, -0.2) is 36.5 Å². The fraction of sp³-hybridized carbons (Fsp3) is 0.500. The predicted octanol–water partition coefficient (Wildman–Crippen LogP) is 1.24. The molecule has 0 radical (unpaired) electrons. The molecule has 1 saturated heterocycles. The standard InChI is InChI=1S/C14H20N2O2/c1-10-5-3-4-6-12(10)13-8-16(14(17)7-15)11(2)9-18-13/h3-6,11,13H,7-9,15H2,1-2H3/t11-,13+/m0/s1. The predicted molar refractivity (Wildman–Crippen MR) is 70.1 cm³/mol. The number of morpholine rings is 1. The summed E-state index contributed by atoms with van der Waals surface area (Å²) in [6.07, 6.45) is -0.0436. The highest BCUT2D eigenvalue weighted by Gasteiger charge is 2.30. The number of rotatable bonds is 2. The Labute approximate surface area is 108 Å². The summed E-state index contributed by atoms with van der Waals surface area (Å²) in [5.41, 5.74) is 7.79. The van der Waals surface area contributed by atoms with Crippen LogP contribution in [0.5, 0.6) is 0 Å². The number of carbonyl (C=O) groups is 1. The number of nitrogens with zero attached hydrogens (tertiary/aromatic N) is 1. The number of amides is 1. The van der Waals surface area contributed by atoms with Crippen LogP contribution in [0.4, 0.5) is 0 Å². The molecule has 0 aromatic heterocycles. The van der Waals surface area contributed by atoms with Crippen molar-refractivity contribution in [2.45, 2.75) is 26.0 Å². The molecule has 0 unspecified atom stereocenters. The molecule has 0 saturated carbocycles. The van der Waals surface area contributed by atoms with E-state index in [2.05, 4.69) is 19.1 Å². The molecule has 1 amide bonds. The van der Waals surface area contributed by atoms with Gasteiger partial charge in [0, 0.05) is 0 Å². The lowest BCUT2D eigenvalue weighted by atomic mass is 10.0. The molecule has 2 rings (SSSR count). The van der Waals surface area contributed by atoms with Crippen LogP contribution in [0.2, 0.25) is 0 Å². The maximum atomic E-state index is 11.8. The van der Waals surface area contributed by atoms with Crippen molar-refractivity contribution >= 4 is 5.91 Å². The summed E-state index contributed by atoms with van der Waals surface area (Å²) in [5, 5.41) is 0. The van der Waals surface area contributed by atoms with Crippen LogP contribution in [0.3, 0.4) is 0 Å². The first-order chi connectivity index (χ1) is 8.63. The number of hydrogen-bond donors (Lipinski definition) is 1. The third-order valence-corrected chi connectivity index (χ3v) is 3.46. The molecule has 4 nitrogen and oxygen atoms in total. The molecule has 1 fully saturated rings. The van der Waals surface area contributed by atoms with Gasteiger partial charge in [0.25, 0.3) is 0 Å². The van der Waals surface area contributed by atoms with Crippen LogP contribution in [0.15, 0.2) is 24.3 Å². The molecular formula is C14H20N2O2. The van der Waals surface area contributed by atoms with Gasteiger partial charge in [-0.1, -0.05) is 24.3 Å². The van der Waals surface area contributed by atoms with E-state index in [1.807, 2.05) is 24.0 Å². The highest BCUT2D eigenvalue weighted by molar-refractivity contribution is 5.78. The van der Waals surface area contributed by atoms with Crippen LogP contribution in [0.25, 0.3) is 0 Å². The lowest BCUT2D eigenvalue weighted by Gasteiger charge is -2.38. The number of ether oxygens (including phenoxy) is 1. The van der Waals surface area contributed by atoms with Crippen molar-refractivity contribution in [1.82, 2.24) is 4.90 Å². The van der Waals surface area contributed by atoms with E-state index in [1.165, 1.54) is 5.56 Å². The largest absolute Gasteiger partial charge is 0.370 e. The maximum absolute atomic E-state index is 11.8. The first-order valence-corrected chi connectivity index (χ1v) is 6.30. The van der Waals surface area contributed by atoms with Gasteiger partial charge in [-0.15, -0.1) is 0 Å². The lowest BCUT2D eigenvalue weighted by molar-refractivity contribution is -0.142. The Kier molecular flexibility index (Phi) is 3.99. The zero-order valence-corrected chi connectivity index (χ0v) is 10.9. The van der Waals surface area contributed by atoms with Gasteiger partial charge in [0.2, 0.25) is 5.91 Å². The molecule has 1 heterocycles. The second-order valence-electron chi connectivity index (χ2n) is 4.78. The van der Waals surface area contributed by atoms with Gasteiger partial charge >= 0.3 is 0 Å². The summed E-state index contributed by atoms with van der Waals surface area (Å²) in [4.78, 5) is 13.6. The molecule has 18 heavy (non-hydrogen) atoms. The Morgan fingerprint density at radius 3 is 2.89 bits per heavy atom. The van der Waals surface area contributed by atoms with Gasteiger partial charge in [0.1, 0.15) is 6.10 Å². The molecule has 98 valence electrons. The van der Waals surface area contributed by atoms with E-state index in [-0.39, 0.29) is 24.6 Å². The molecular weight excluding hydrogens is 228 g/mol. The van der Waals surface area contributed by atoms with Gasteiger partial charge < -0.3 is 15.4 Å². The first kappa shape index (κ1) is 13.1. The average Bonchev–Trinajstić information content (AvgIpc) is 2.39. The van der Waals surface area contributed by atoms with Crippen LogP contribution < -0.4 is 5.73 Å². The number of hydrogen-bond acceptors (Lipinski definition) is 3. The zero-order valence-electron chi connectivity index (χ0n) is 10.9. The van der Waals surface area contributed by atoms with Crippen molar-refractivity contribution in [3.63, 3.8) is 0 Å². The molecule has 1 aromatic carbocycles. The Hall–Kier alpha value is -1.39. The zero-order chi connectivity index (χ0) is 13.1. The Morgan fingerprint density at radius 2 is 2.22 bits per heavy atom. The Morgan fingerprint density at radius 1 is 1.50 bits per heavy atom. The fourth-order valence-corrected chi connectivity index (χ4v) is 2.36. The molecule has 4 heteroatoms. The van der Waals surface area contributed by atoms with Crippen molar-refractivity contribution in [1.29, 1.82) is 0 Å². The maximum Gasteiger partial charge on any atom is 0.236 e. The van der Waals surface area contributed by atoms with E-state index in [1.54, 1.807) is 0 Å². The average molecular weight is 248 g/mol. The summed E-state index contributed by atoms with van der Waals surface area (Å²) < 4.78 is 5.85. The smallest absolute Gasteiger partial charge is 0.236 e. The monoisotopic (exact) mass is 248 g/mol. The van der Waals surface area contributed by atoms with Crippen molar-refractivity contribution < 1.29 is 9.53 Å². The van der Waals surface area contributed by atoms with E-state index in [0.29, 0.717) is 13.2 Å². The Bertz CT molecular complexity index is 434. The van der Waals surface area contributed by atoms with Gasteiger partial charge in [-0.2, -0.15) is 0 Å². The van der Waals surface area contributed by atoms with Crippen molar-refractivity contribution in [3.8, 4) is 0 Å². The van der Waals surface area contributed by atoms with Crippen LogP contribution in [0, 0.1) is 6.92 Å². The summed E-state index contributed by atoms with van der Waals surface area (Å²) in [7, 11) is 0. The van der Waals surface area contributed by atoms with E-state index < -0.39 is 0 Å². The molecule has 1 aliphatic heterocycles. The molecule has 1 aliphatic rings. The molecule has 0 spiro atoms. The fourth-order valence-electron chi connectivity index (χ4n) is 2.36.